The molecule has 17 heavy (non-hydrogen) atoms. The molecule has 1 heterocycles. The Bertz CT molecular complexity index is 433. The van der Waals surface area contributed by atoms with Crippen LogP contribution < -0.4 is 5.32 Å². The molecule has 0 spiro atoms. The summed E-state index contributed by atoms with van der Waals surface area (Å²) in [4.78, 5) is 1.33. The van der Waals surface area contributed by atoms with E-state index in [9.17, 15) is 5.11 Å². The summed E-state index contributed by atoms with van der Waals surface area (Å²) in [5.74, 6) is 0. The molecule has 0 fully saturated rings. The molecule has 3 heteroatoms. The third-order valence-electron chi connectivity index (χ3n) is 2.78. The van der Waals surface area contributed by atoms with Crippen LogP contribution in [0.1, 0.15) is 24.6 Å². The molecule has 0 bridgehead atoms. The predicted octanol–water partition coefficient (Wildman–Crippen LogP) is 3.15. The summed E-state index contributed by atoms with van der Waals surface area (Å²) in [6.45, 7) is 3.62. The van der Waals surface area contributed by atoms with Crippen LogP contribution in [0.25, 0.3) is 10.1 Å². The van der Waals surface area contributed by atoms with Gasteiger partial charge in [0.05, 0.1) is 6.10 Å². The zero-order valence-electron chi connectivity index (χ0n) is 10.1. The van der Waals surface area contributed by atoms with Crippen molar-refractivity contribution in [3.8, 4) is 0 Å². The summed E-state index contributed by atoms with van der Waals surface area (Å²) in [7, 11) is 0. The quantitative estimate of drug-likeness (QED) is 0.824. The number of aliphatic hydroxyl groups excluding tert-OH is 1. The highest BCUT2D eigenvalue weighted by atomic mass is 32.1. The standard InChI is InChI=1S/C14H19NOS/c1-2-5-12(16)9-15-10-13-8-11-6-3-4-7-14(11)17-13/h3-4,6-8,12,15-16H,2,5,9-10H2,1H3. The maximum atomic E-state index is 9.61. The summed E-state index contributed by atoms with van der Waals surface area (Å²) >= 11 is 1.82. The van der Waals surface area contributed by atoms with Crippen molar-refractivity contribution in [3.63, 3.8) is 0 Å². The maximum Gasteiger partial charge on any atom is 0.0664 e. The molecule has 2 nitrogen and oxygen atoms in total. The predicted molar refractivity (Wildman–Crippen MR) is 74.4 cm³/mol. The minimum Gasteiger partial charge on any atom is -0.392 e. The molecule has 0 aliphatic heterocycles. The highest BCUT2D eigenvalue weighted by Crippen LogP contribution is 2.24. The zero-order chi connectivity index (χ0) is 12.1. The van der Waals surface area contributed by atoms with E-state index in [1.54, 1.807) is 0 Å². The van der Waals surface area contributed by atoms with E-state index in [0.717, 1.165) is 19.4 Å². The third kappa shape index (κ3) is 3.53. The van der Waals surface area contributed by atoms with Gasteiger partial charge in [-0.1, -0.05) is 31.5 Å². The number of nitrogens with one attached hydrogen (secondary N) is 1. The average Bonchev–Trinajstić information content (AvgIpc) is 2.71. The van der Waals surface area contributed by atoms with Crippen molar-refractivity contribution in [1.82, 2.24) is 5.32 Å². The van der Waals surface area contributed by atoms with E-state index in [4.69, 9.17) is 0 Å². The normalized spacial score (nSPS) is 13.1. The number of rotatable bonds is 6. The van der Waals surface area contributed by atoms with Gasteiger partial charge in [0.25, 0.3) is 0 Å². The van der Waals surface area contributed by atoms with E-state index < -0.39 is 0 Å². The van der Waals surface area contributed by atoms with Gasteiger partial charge in [-0.15, -0.1) is 11.3 Å². The van der Waals surface area contributed by atoms with E-state index in [1.165, 1.54) is 15.0 Å². The van der Waals surface area contributed by atoms with Crippen molar-refractivity contribution < 1.29 is 5.11 Å². The van der Waals surface area contributed by atoms with Crippen molar-refractivity contribution in [2.24, 2.45) is 0 Å². The molecule has 92 valence electrons. The molecule has 0 aliphatic rings. The fourth-order valence-corrected chi connectivity index (χ4v) is 2.96. The largest absolute Gasteiger partial charge is 0.392 e. The topological polar surface area (TPSA) is 32.3 Å². The van der Waals surface area contributed by atoms with Gasteiger partial charge in [0.2, 0.25) is 0 Å². The Morgan fingerprint density at radius 2 is 2.18 bits per heavy atom. The second-order valence-electron chi connectivity index (χ2n) is 4.32. The molecular formula is C14H19NOS. The van der Waals surface area contributed by atoms with Crippen LogP contribution in [-0.2, 0) is 6.54 Å². The Labute approximate surface area is 106 Å². The van der Waals surface area contributed by atoms with Crippen LogP contribution in [0.5, 0.6) is 0 Å². The van der Waals surface area contributed by atoms with Crippen LogP contribution in [0, 0.1) is 0 Å². The monoisotopic (exact) mass is 249 g/mol. The van der Waals surface area contributed by atoms with E-state index in [1.807, 2.05) is 11.3 Å². The molecule has 2 N–H and O–H groups in total. The van der Waals surface area contributed by atoms with Gasteiger partial charge in [-0.2, -0.15) is 0 Å². The van der Waals surface area contributed by atoms with Gasteiger partial charge in [-0.25, -0.2) is 0 Å². The average molecular weight is 249 g/mol. The number of aliphatic hydroxyl groups is 1. The van der Waals surface area contributed by atoms with E-state index in [-0.39, 0.29) is 6.10 Å². The lowest BCUT2D eigenvalue weighted by molar-refractivity contribution is 0.160. The van der Waals surface area contributed by atoms with Crippen molar-refractivity contribution in [1.29, 1.82) is 0 Å². The minimum absolute atomic E-state index is 0.214. The molecule has 0 saturated carbocycles. The third-order valence-corrected chi connectivity index (χ3v) is 3.89. The molecule has 2 rings (SSSR count). The Hall–Kier alpha value is -0.900. The molecular weight excluding hydrogens is 230 g/mol. The molecule has 0 radical (unpaired) electrons. The van der Waals surface area contributed by atoms with Gasteiger partial charge in [-0.3, -0.25) is 0 Å². The van der Waals surface area contributed by atoms with Crippen LogP contribution in [0.15, 0.2) is 30.3 Å². The second-order valence-corrected chi connectivity index (χ2v) is 5.49. The van der Waals surface area contributed by atoms with Crippen LogP contribution in [-0.4, -0.2) is 17.8 Å². The second kappa shape index (κ2) is 6.15. The first-order valence-electron chi connectivity index (χ1n) is 6.16. The van der Waals surface area contributed by atoms with Crippen LogP contribution >= 0.6 is 11.3 Å². The van der Waals surface area contributed by atoms with Gasteiger partial charge in [0.1, 0.15) is 0 Å². The lowest BCUT2D eigenvalue weighted by atomic mass is 10.2. The number of benzene rings is 1. The number of hydrogen-bond donors (Lipinski definition) is 2. The smallest absolute Gasteiger partial charge is 0.0664 e. The van der Waals surface area contributed by atoms with Crippen molar-refractivity contribution in [2.45, 2.75) is 32.4 Å². The van der Waals surface area contributed by atoms with Crippen molar-refractivity contribution in [2.75, 3.05) is 6.54 Å². The van der Waals surface area contributed by atoms with Gasteiger partial charge < -0.3 is 10.4 Å². The molecule has 1 aromatic heterocycles. The number of hydrogen-bond acceptors (Lipinski definition) is 3. The van der Waals surface area contributed by atoms with Crippen LogP contribution in [0.4, 0.5) is 0 Å². The van der Waals surface area contributed by atoms with E-state index >= 15 is 0 Å². The molecule has 1 atom stereocenters. The zero-order valence-corrected chi connectivity index (χ0v) is 11.0. The van der Waals surface area contributed by atoms with E-state index in [0.29, 0.717) is 6.54 Å². The molecule has 2 aromatic rings. The first-order chi connectivity index (χ1) is 8.29. The molecule has 0 amide bonds. The Morgan fingerprint density at radius 1 is 1.35 bits per heavy atom. The lowest BCUT2D eigenvalue weighted by Crippen LogP contribution is -2.25. The fourth-order valence-electron chi connectivity index (χ4n) is 1.92. The maximum absolute atomic E-state index is 9.61. The molecule has 0 aliphatic carbocycles. The number of thiophene rings is 1. The van der Waals surface area contributed by atoms with Gasteiger partial charge in [0.15, 0.2) is 0 Å². The van der Waals surface area contributed by atoms with Crippen molar-refractivity contribution >= 4 is 21.4 Å². The summed E-state index contributed by atoms with van der Waals surface area (Å²) in [5.41, 5.74) is 0. The van der Waals surface area contributed by atoms with Gasteiger partial charge in [-0.05, 0) is 23.9 Å². The SMILES string of the molecule is CCCC(O)CNCc1cc2ccccc2s1. The highest BCUT2D eigenvalue weighted by Gasteiger charge is 2.03. The Balaban J connectivity index is 1.86. The van der Waals surface area contributed by atoms with Crippen LogP contribution in [0.2, 0.25) is 0 Å². The van der Waals surface area contributed by atoms with Crippen LogP contribution in [0.3, 0.4) is 0 Å². The van der Waals surface area contributed by atoms with Crippen molar-refractivity contribution in [3.05, 3.63) is 35.2 Å². The Morgan fingerprint density at radius 3 is 2.94 bits per heavy atom. The summed E-state index contributed by atoms with van der Waals surface area (Å²) < 4.78 is 1.33. The first kappa shape index (κ1) is 12.6. The highest BCUT2D eigenvalue weighted by molar-refractivity contribution is 7.19. The molecule has 0 saturated heterocycles. The lowest BCUT2D eigenvalue weighted by Gasteiger charge is -2.09. The minimum atomic E-state index is -0.214. The summed E-state index contributed by atoms with van der Waals surface area (Å²) in [5, 5.41) is 14.2. The van der Waals surface area contributed by atoms with Gasteiger partial charge in [0, 0.05) is 22.7 Å². The number of fused-ring (bicyclic) bond motifs is 1. The molecule has 1 aromatic carbocycles. The summed E-state index contributed by atoms with van der Waals surface area (Å²) in [6, 6.07) is 10.6. The summed E-state index contributed by atoms with van der Waals surface area (Å²) in [6.07, 6.45) is 1.69. The first-order valence-corrected chi connectivity index (χ1v) is 6.97. The molecule has 1 unspecified atom stereocenters. The Kier molecular flexibility index (Phi) is 4.54. The van der Waals surface area contributed by atoms with Gasteiger partial charge >= 0.3 is 0 Å². The fraction of sp³-hybridized carbons (Fsp3) is 0.429. The van der Waals surface area contributed by atoms with E-state index in [2.05, 4.69) is 42.6 Å².